The monoisotopic (exact) mass is 309 g/mol. The van der Waals surface area contributed by atoms with Crippen molar-refractivity contribution in [2.45, 2.75) is 25.4 Å². The fourth-order valence-electron chi connectivity index (χ4n) is 2.56. The summed E-state index contributed by atoms with van der Waals surface area (Å²) >= 11 is 12.2. The third-order valence-corrected chi connectivity index (χ3v) is 4.33. The highest BCUT2D eigenvalue weighted by molar-refractivity contribution is 6.42. The molecule has 2 aromatic rings. The van der Waals surface area contributed by atoms with E-state index in [2.05, 4.69) is 10.4 Å². The van der Waals surface area contributed by atoms with Crippen molar-refractivity contribution in [1.29, 1.82) is 0 Å². The molecule has 1 heterocycles. The van der Waals surface area contributed by atoms with Crippen LogP contribution in [0.2, 0.25) is 10.0 Å². The average molecular weight is 310 g/mol. The van der Waals surface area contributed by atoms with Crippen LogP contribution in [0.3, 0.4) is 0 Å². The van der Waals surface area contributed by atoms with E-state index in [0.717, 1.165) is 24.0 Å². The quantitative estimate of drug-likeness (QED) is 0.947. The number of carbonyl (C=O) groups is 1. The summed E-state index contributed by atoms with van der Waals surface area (Å²) < 4.78 is 1.60. The molecule has 6 heteroatoms. The van der Waals surface area contributed by atoms with Gasteiger partial charge in [0.1, 0.15) is 6.54 Å². The molecule has 20 heavy (non-hydrogen) atoms. The van der Waals surface area contributed by atoms with Gasteiger partial charge in [-0.2, -0.15) is 5.10 Å². The minimum Gasteiger partial charge on any atom is -0.348 e. The number of aromatic nitrogens is 2. The van der Waals surface area contributed by atoms with E-state index in [1.165, 1.54) is 0 Å². The SMILES string of the molecule is O=C(Cn1cccn1)N[C@H]1CCc2c1ccc(Cl)c2Cl. The summed E-state index contributed by atoms with van der Waals surface area (Å²) in [6, 6.07) is 5.51. The number of hydrogen-bond acceptors (Lipinski definition) is 2. The molecule has 1 aromatic heterocycles. The number of fused-ring (bicyclic) bond motifs is 1. The van der Waals surface area contributed by atoms with Gasteiger partial charge in [0.05, 0.1) is 16.1 Å². The Labute approximate surface area is 126 Å². The lowest BCUT2D eigenvalue weighted by atomic mass is 10.1. The molecule has 3 rings (SSSR count). The lowest BCUT2D eigenvalue weighted by Crippen LogP contribution is -2.30. The van der Waals surface area contributed by atoms with Crippen LogP contribution in [0.5, 0.6) is 0 Å². The van der Waals surface area contributed by atoms with Crippen molar-refractivity contribution < 1.29 is 4.79 Å². The maximum Gasteiger partial charge on any atom is 0.242 e. The Morgan fingerprint density at radius 1 is 1.45 bits per heavy atom. The fraction of sp³-hybridized carbons (Fsp3) is 0.286. The molecule has 1 atom stereocenters. The predicted octanol–water partition coefficient (Wildman–Crippen LogP) is 2.99. The van der Waals surface area contributed by atoms with Gasteiger partial charge in [-0.3, -0.25) is 9.48 Å². The number of carbonyl (C=O) groups excluding carboxylic acids is 1. The number of rotatable bonds is 3. The highest BCUT2D eigenvalue weighted by Gasteiger charge is 2.26. The van der Waals surface area contributed by atoms with Crippen LogP contribution in [0.25, 0.3) is 0 Å². The van der Waals surface area contributed by atoms with Crippen LogP contribution in [0.1, 0.15) is 23.6 Å². The summed E-state index contributed by atoms with van der Waals surface area (Å²) in [5.74, 6) is -0.0578. The van der Waals surface area contributed by atoms with Crippen LogP contribution in [0.15, 0.2) is 30.6 Å². The van der Waals surface area contributed by atoms with E-state index in [1.807, 2.05) is 6.07 Å². The van der Waals surface area contributed by atoms with E-state index in [0.29, 0.717) is 10.0 Å². The summed E-state index contributed by atoms with van der Waals surface area (Å²) in [6.45, 7) is 0.222. The van der Waals surface area contributed by atoms with E-state index in [9.17, 15) is 4.79 Å². The third-order valence-electron chi connectivity index (χ3n) is 3.49. The smallest absolute Gasteiger partial charge is 0.242 e. The van der Waals surface area contributed by atoms with Gasteiger partial charge in [0, 0.05) is 12.4 Å². The first-order valence-corrected chi connectivity index (χ1v) is 7.14. The summed E-state index contributed by atoms with van der Waals surface area (Å²) in [4.78, 5) is 12.0. The van der Waals surface area contributed by atoms with E-state index in [-0.39, 0.29) is 18.5 Å². The maximum absolute atomic E-state index is 12.0. The molecule has 1 aliphatic rings. The molecule has 0 bridgehead atoms. The molecule has 0 radical (unpaired) electrons. The van der Waals surface area contributed by atoms with E-state index < -0.39 is 0 Å². The van der Waals surface area contributed by atoms with Crippen molar-refractivity contribution >= 4 is 29.1 Å². The second kappa shape index (κ2) is 5.46. The molecular weight excluding hydrogens is 297 g/mol. The first-order chi connectivity index (χ1) is 9.65. The molecule has 0 unspecified atom stereocenters. The number of hydrogen-bond donors (Lipinski definition) is 1. The Balaban J connectivity index is 1.72. The van der Waals surface area contributed by atoms with Gasteiger partial charge in [-0.25, -0.2) is 0 Å². The summed E-state index contributed by atoms with van der Waals surface area (Å²) in [5.41, 5.74) is 2.11. The maximum atomic E-state index is 12.0. The highest BCUT2D eigenvalue weighted by Crippen LogP contribution is 2.38. The Morgan fingerprint density at radius 3 is 3.05 bits per heavy atom. The second-order valence-corrected chi connectivity index (χ2v) is 5.58. The molecule has 0 spiro atoms. The van der Waals surface area contributed by atoms with Gasteiger partial charge in [0.2, 0.25) is 5.91 Å². The van der Waals surface area contributed by atoms with Crippen molar-refractivity contribution in [2.24, 2.45) is 0 Å². The van der Waals surface area contributed by atoms with Gasteiger partial charge in [-0.05, 0) is 36.1 Å². The molecule has 1 aromatic carbocycles. The molecule has 4 nitrogen and oxygen atoms in total. The molecular formula is C14H13Cl2N3O. The topological polar surface area (TPSA) is 46.9 Å². The normalized spacial score (nSPS) is 17.0. The van der Waals surface area contributed by atoms with E-state index in [4.69, 9.17) is 23.2 Å². The molecule has 0 saturated carbocycles. The van der Waals surface area contributed by atoms with Crippen LogP contribution in [-0.2, 0) is 17.8 Å². The third kappa shape index (κ3) is 2.53. The average Bonchev–Trinajstić information content (AvgIpc) is 3.04. The molecule has 0 aliphatic heterocycles. The van der Waals surface area contributed by atoms with Crippen LogP contribution in [0, 0.1) is 0 Å². The number of amides is 1. The zero-order valence-corrected chi connectivity index (χ0v) is 12.2. The standard InChI is InChI=1S/C14H13Cl2N3O/c15-11-4-2-9-10(14(11)16)3-5-12(9)18-13(20)8-19-7-1-6-17-19/h1-2,4,6-7,12H,3,5,8H2,(H,18,20)/t12-/m0/s1. The molecule has 0 saturated heterocycles. The second-order valence-electron chi connectivity index (χ2n) is 4.79. The number of benzene rings is 1. The minimum atomic E-state index is -0.0578. The summed E-state index contributed by atoms with van der Waals surface area (Å²) in [5, 5.41) is 8.21. The zero-order valence-electron chi connectivity index (χ0n) is 10.6. The first-order valence-electron chi connectivity index (χ1n) is 6.38. The van der Waals surface area contributed by atoms with Crippen LogP contribution in [-0.4, -0.2) is 15.7 Å². The van der Waals surface area contributed by atoms with Crippen LogP contribution >= 0.6 is 23.2 Å². The van der Waals surface area contributed by atoms with Gasteiger partial charge in [0.15, 0.2) is 0 Å². The number of halogens is 2. The Kier molecular flexibility index (Phi) is 3.68. The fourth-order valence-corrected chi connectivity index (χ4v) is 3.01. The Hall–Kier alpha value is -1.52. The molecule has 1 aliphatic carbocycles. The van der Waals surface area contributed by atoms with Crippen LogP contribution < -0.4 is 5.32 Å². The molecule has 1 N–H and O–H groups in total. The van der Waals surface area contributed by atoms with Crippen LogP contribution in [0.4, 0.5) is 0 Å². The largest absolute Gasteiger partial charge is 0.348 e. The summed E-state index contributed by atoms with van der Waals surface area (Å²) in [6.07, 6.45) is 5.10. The zero-order chi connectivity index (χ0) is 14.1. The van der Waals surface area contributed by atoms with Gasteiger partial charge in [-0.1, -0.05) is 29.3 Å². The molecule has 104 valence electrons. The van der Waals surface area contributed by atoms with Gasteiger partial charge in [0.25, 0.3) is 0 Å². The molecule has 1 amide bonds. The lowest BCUT2D eigenvalue weighted by Gasteiger charge is -2.14. The van der Waals surface area contributed by atoms with Crippen molar-refractivity contribution in [3.63, 3.8) is 0 Å². The predicted molar refractivity (Wildman–Crippen MR) is 77.9 cm³/mol. The minimum absolute atomic E-state index is 0.00262. The highest BCUT2D eigenvalue weighted by atomic mass is 35.5. The Bertz CT molecular complexity index is 640. The number of nitrogens with one attached hydrogen (secondary N) is 1. The van der Waals surface area contributed by atoms with Gasteiger partial charge in [-0.15, -0.1) is 0 Å². The lowest BCUT2D eigenvalue weighted by molar-refractivity contribution is -0.122. The van der Waals surface area contributed by atoms with E-state index >= 15 is 0 Å². The van der Waals surface area contributed by atoms with Gasteiger partial charge >= 0.3 is 0 Å². The summed E-state index contributed by atoms with van der Waals surface area (Å²) in [7, 11) is 0. The van der Waals surface area contributed by atoms with Crippen molar-refractivity contribution in [2.75, 3.05) is 0 Å². The number of nitrogens with zero attached hydrogens (tertiary/aromatic N) is 2. The molecule has 0 fully saturated rings. The van der Waals surface area contributed by atoms with Gasteiger partial charge < -0.3 is 5.32 Å². The van der Waals surface area contributed by atoms with Crippen molar-refractivity contribution in [1.82, 2.24) is 15.1 Å². The van der Waals surface area contributed by atoms with Crippen molar-refractivity contribution in [3.8, 4) is 0 Å². The van der Waals surface area contributed by atoms with E-state index in [1.54, 1.807) is 29.2 Å². The van der Waals surface area contributed by atoms with Crippen molar-refractivity contribution in [3.05, 3.63) is 51.8 Å². The Morgan fingerprint density at radius 2 is 2.30 bits per heavy atom. The first kappa shape index (κ1) is 13.5.